The van der Waals surface area contributed by atoms with Gasteiger partial charge in [0.15, 0.2) is 5.96 Å². The number of carbonyl (C=O) groups is 4. The first-order valence-corrected chi connectivity index (χ1v) is 11.3. The predicted octanol–water partition coefficient (Wildman–Crippen LogP) is -2.01. The highest BCUT2D eigenvalue weighted by Crippen LogP contribution is 2.07. The molecule has 13 heteroatoms. The molecule has 0 aliphatic heterocycles. The van der Waals surface area contributed by atoms with Gasteiger partial charge in [-0.1, -0.05) is 27.7 Å². The van der Waals surface area contributed by atoms with Crippen LogP contribution in [0.1, 0.15) is 53.9 Å². The van der Waals surface area contributed by atoms with Crippen molar-refractivity contribution in [1.29, 1.82) is 0 Å². The van der Waals surface area contributed by atoms with Crippen LogP contribution in [0.5, 0.6) is 0 Å². The van der Waals surface area contributed by atoms with Crippen LogP contribution in [0.25, 0.3) is 0 Å². The summed E-state index contributed by atoms with van der Waals surface area (Å²) in [5, 5.41) is 26.8. The number of carbonyl (C=O) groups excluding carboxylic acids is 3. The van der Waals surface area contributed by atoms with Crippen LogP contribution in [0.15, 0.2) is 4.99 Å². The third kappa shape index (κ3) is 11.8. The molecule has 0 aromatic rings. The molecule has 0 aromatic heterocycles. The second-order valence-corrected chi connectivity index (χ2v) is 9.04. The van der Waals surface area contributed by atoms with E-state index in [1.54, 1.807) is 27.7 Å². The predicted molar refractivity (Wildman–Crippen MR) is 127 cm³/mol. The highest BCUT2D eigenvalue weighted by atomic mass is 16.4. The lowest BCUT2D eigenvalue weighted by Gasteiger charge is -2.27. The Morgan fingerprint density at radius 2 is 1.44 bits per heavy atom. The highest BCUT2D eigenvalue weighted by molar-refractivity contribution is 5.94. The van der Waals surface area contributed by atoms with Crippen molar-refractivity contribution < 1.29 is 29.4 Å². The minimum absolute atomic E-state index is 0.0176. The molecule has 0 heterocycles. The number of carboxylic acids is 1. The number of carboxylic acid groups (broad SMARTS) is 1. The maximum Gasteiger partial charge on any atom is 0.326 e. The highest BCUT2D eigenvalue weighted by Gasteiger charge is 2.33. The van der Waals surface area contributed by atoms with Crippen LogP contribution in [0.3, 0.4) is 0 Å². The van der Waals surface area contributed by atoms with Gasteiger partial charge in [0.25, 0.3) is 0 Å². The Hall–Kier alpha value is -2.93. The van der Waals surface area contributed by atoms with E-state index >= 15 is 0 Å². The molecular formula is C21H41N7O6. The standard InChI is InChI=1S/C21H41N7O6/c1-10(2)9-14(20(33)34)27-19(32)16(12(5)29)28-17(30)13(7-6-8-25-21(23)24)26-18(31)15(22)11(3)4/h10-16,29H,6-9,22H2,1-5H3,(H,26,31)(H,27,32)(H,28,30)(H,33,34)(H4,23,24,25). The number of aliphatic imine (C=N–C) groups is 1. The zero-order valence-corrected chi connectivity index (χ0v) is 20.6. The number of aliphatic carboxylic acids is 1. The molecule has 0 saturated heterocycles. The number of nitrogens with one attached hydrogen (secondary N) is 3. The topological polar surface area (TPSA) is 235 Å². The summed E-state index contributed by atoms with van der Waals surface area (Å²) in [6.45, 7) is 8.59. The van der Waals surface area contributed by atoms with Gasteiger partial charge in [-0.15, -0.1) is 0 Å². The monoisotopic (exact) mass is 487 g/mol. The molecule has 11 N–H and O–H groups in total. The van der Waals surface area contributed by atoms with E-state index in [-0.39, 0.29) is 37.2 Å². The van der Waals surface area contributed by atoms with Crippen LogP contribution in [-0.4, -0.2) is 76.7 Å². The van der Waals surface area contributed by atoms with Crippen molar-refractivity contribution in [3.05, 3.63) is 0 Å². The van der Waals surface area contributed by atoms with E-state index in [9.17, 15) is 29.4 Å². The Morgan fingerprint density at radius 1 is 0.882 bits per heavy atom. The van der Waals surface area contributed by atoms with Gasteiger partial charge in [-0.25, -0.2) is 4.79 Å². The van der Waals surface area contributed by atoms with Gasteiger partial charge in [0.05, 0.1) is 12.1 Å². The molecule has 0 aliphatic rings. The Kier molecular flexibility index (Phi) is 13.8. The van der Waals surface area contributed by atoms with Gasteiger partial charge in [0.2, 0.25) is 17.7 Å². The number of amides is 3. The Balaban J connectivity index is 5.52. The molecule has 0 spiro atoms. The summed E-state index contributed by atoms with van der Waals surface area (Å²) in [7, 11) is 0. The smallest absolute Gasteiger partial charge is 0.326 e. The number of aliphatic hydroxyl groups is 1. The molecule has 0 saturated carbocycles. The minimum Gasteiger partial charge on any atom is -0.480 e. The molecule has 3 amide bonds. The van der Waals surface area contributed by atoms with Crippen LogP contribution in [0.4, 0.5) is 0 Å². The lowest BCUT2D eigenvalue weighted by Crippen LogP contribution is -2.60. The van der Waals surface area contributed by atoms with E-state index in [1.807, 2.05) is 0 Å². The first-order chi connectivity index (χ1) is 15.7. The van der Waals surface area contributed by atoms with Crippen molar-refractivity contribution in [2.24, 2.45) is 34.0 Å². The van der Waals surface area contributed by atoms with E-state index in [2.05, 4.69) is 20.9 Å². The summed E-state index contributed by atoms with van der Waals surface area (Å²) in [4.78, 5) is 53.4. The number of hydrogen-bond acceptors (Lipinski definition) is 7. The average Bonchev–Trinajstić information content (AvgIpc) is 2.71. The molecule has 0 rings (SSSR count). The van der Waals surface area contributed by atoms with Crippen LogP contribution < -0.4 is 33.2 Å². The van der Waals surface area contributed by atoms with Crippen LogP contribution >= 0.6 is 0 Å². The van der Waals surface area contributed by atoms with Crippen LogP contribution in [0.2, 0.25) is 0 Å². The molecular weight excluding hydrogens is 446 g/mol. The molecule has 34 heavy (non-hydrogen) atoms. The quantitative estimate of drug-likeness (QED) is 0.0722. The first-order valence-electron chi connectivity index (χ1n) is 11.3. The molecule has 5 unspecified atom stereocenters. The third-order valence-electron chi connectivity index (χ3n) is 4.98. The average molecular weight is 488 g/mol. The summed E-state index contributed by atoms with van der Waals surface area (Å²) in [6.07, 6.45) is -0.724. The summed E-state index contributed by atoms with van der Waals surface area (Å²) < 4.78 is 0. The fourth-order valence-corrected chi connectivity index (χ4v) is 2.96. The van der Waals surface area contributed by atoms with E-state index in [1.165, 1.54) is 6.92 Å². The fraction of sp³-hybridized carbons (Fsp3) is 0.762. The van der Waals surface area contributed by atoms with E-state index in [4.69, 9.17) is 17.2 Å². The first kappa shape index (κ1) is 31.1. The lowest BCUT2D eigenvalue weighted by molar-refractivity contribution is -0.143. The number of rotatable bonds is 15. The maximum absolute atomic E-state index is 13.0. The molecule has 0 bridgehead atoms. The zero-order chi connectivity index (χ0) is 26.6. The van der Waals surface area contributed by atoms with E-state index in [0.29, 0.717) is 6.42 Å². The molecule has 0 radical (unpaired) electrons. The summed E-state index contributed by atoms with van der Waals surface area (Å²) in [6, 6.07) is -4.59. The Bertz CT molecular complexity index is 722. The molecule has 13 nitrogen and oxygen atoms in total. The minimum atomic E-state index is -1.45. The Morgan fingerprint density at radius 3 is 1.88 bits per heavy atom. The largest absolute Gasteiger partial charge is 0.480 e. The van der Waals surface area contributed by atoms with Crippen molar-refractivity contribution in [3.63, 3.8) is 0 Å². The van der Waals surface area contributed by atoms with E-state index in [0.717, 1.165) is 0 Å². The molecule has 0 fully saturated rings. The molecule has 0 aromatic carbocycles. The second kappa shape index (κ2) is 15.1. The Labute approximate surface area is 200 Å². The summed E-state index contributed by atoms with van der Waals surface area (Å²) >= 11 is 0. The van der Waals surface area contributed by atoms with Crippen LogP contribution in [0, 0.1) is 11.8 Å². The number of aliphatic hydroxyl groups excluding tert-OH is 1. The maximum atomic E-state index is 13.0. The van der Waals surface area contributed by atoms with Gasteiger partial charge in [0, 0.05) is 6.54 Å². The number of guanidine groups is 1. The second-order valence-electron chi connectivity index (χ2n) is 9.04. The van der Waals surface area contributed by atoms with Gasteiger partial charge in [-0.05, 0) is 38.0 Å². The normalized spacial score (nSPS) is 15.6. The van der Waals surface area contributed by atoms with Crippen LogP contribution in [-0.2, 0) is 19.2 Å². The summed E-state index contributed by atoms with van der Waals surface area (Å²) in [5.74, 6) is -3.71. The summed E-state index contributed by atoms with van der Waals surface area (Å²) in [5.41, 5.74) is 16.5. The lowest BCUT2D eigenvalue weighted by atomic mass is 10.0. The van der Waals surface area contributed by atoms with Crippen molar-refractivity contribution in [3.8, 4) is 0 Å². The number of nitrogens with zero attached hydrogens (tertiary/aromatic N) is 1. The molecule has 0 aliphatic carbocycles. The van der Waals surface area contributed by atoms with Crippen molar-refractivity contribution >= 4 is 29.7 Å². The molecule has 196 valence electrons. The van der Waals surface area contributed by atoms with Crippen molar-refractivity contribution in [1.82, 2.24) is 16.0 Å². The zero-order valence-electron chi connectivity index (χ0n) is 20.6. The van der Waals surface area contributed by atoms with Gasteiger partial charge in [0.1, 0.15) is 18.1 Å². The van der Waals surface area contributed by atoms with Gasteiger partial charge < -0.3 is 43.4 Å². The van der Waals surface area contributed by atoms with Gasteiger partial charge in [-0.3, -0.25) is 19.4 Å². The number of hydrogen-bond donors (Lipinski definition) is 8. The third-order valence-corrected chi connectivity index (χ3v) is 4.98. The SMILES string of the molecule is CC(C)CC(NC(=O)C(NC(=O)C(CCCN=C(N)N)NC(=O)C(N)C(C)C)C(C)O)C(=O)O. The number of nitrogens with two attached hydrogens (primary N) is 3. The van der Waals surface area contributed by atoms with Gasteiger partial charge >= 0.3 is 5.97 Å². The van der Waals surface area contributed by atoms with E-state index < -0.39 is 54.0 Å². The fourth-order valence-electron chi connectivity index (χ4n) is 2.96. The van der Waals surface area contributed by atoms with Crippen molar-refractivity contribution in [2.75, 3.05) is 6.54 Å². The van der Waals surface area contributed by atoms with Crippen molar-refractivity contribution in [2.45, 2.75) is 84.2 Å². The van der Waals surface area contributed by atoms with Gasteiger partial charge in [-0.2, -0.15) is 0 Å². The molecule has 5 atom stereocenters.